The lowest BCUT2D eigenvalue weighted by molar-refractivity contribution is 1.44. The number of hydrogen-bond donors (Lipinski definition) is 3. The van der Waals surface area contributed by atoms with E-state index in [4.69, 9.17) is 22.7 Å². The average Bonchev–Trinajstić information content (AvgIpc) is 1.96. The van der Waals surface area contributed by atoms with Crippen LogP contribution in [0.5, 0.6) is 0 Å². The first-order valence-electron chi connectivity index (χ1n) is 3.47. The summed E-state index contributed by atoms with van der Waals surface area (Å²) in [5, 5.41) is 10.5. The number of nitrogens with one attached hydrogen (secondary N) is 2. The Kier molecular flexibility index (Phi) is 2.55. The fourth-order valence-corrected chi connectivity index (χ4v) is 0.956. The Morgan fingerprint density at radius 3 is 2.75 bits per heavy atom. The van der Waals surface area contributed by atoms with Crippen molar-refractivity contribution in [3.63, 3.8) is 0 Å². The molecule has 0 amide bonds. The lowest BCUT2D eigenvalue weighted by Crippen LogP contribution is -2.04. The third-order valence-electron chi connectivity index (χ3n) is 1.33. The van der Waals surface area contributed by atoms with Crippen molar-refractivity contribution in [3.8, 4) is 0 Å². The molecule has 64 valence electrons. The van der Waals surface area contributed by atoms with Crippen molar-refractivity contribution in [2.45, 2.75) is 6.92 Å². The van der Waals surface area contributed by atoms with Crippen LogP contribution in [-0.4, -0.2) is 5.84 Å². The van der Waals surface area contributed by atoms with Crippen LogP contribution in [0.2, 0.25) is 5.02 Å². The van der Waals surface area contributed by atoms with E-state index in [1.807, 2.05) is 0 Å². The Hall–Kier alpha value is -1.22. The molecule has 0 heterocycles. The molecule has 0 aliphatic rings. The number of hydrogen-bond acceptors (Lipinski definition) is 2. The third-order valence-corrected chi connectivity index (χ3v) is 1.67. The van der Waals surface area contributed by atoms with Crippen LogP contribution in [0, 0.1) is 5.41 Å². The predicted molar refractivity (Wildman–Crippen MR) is 52.9 cm³/mol. The van der Waals surface area contributed by atoms with E-state index in [0.717, 1.165) is 5.69 Å². The molecule has 0 saturated carbocycles. The highest BCUT2D eigenvalue weighted by Crippen LogP contribution is 2.22. The summed E-state index contributed by atoms with van der Waals surface area (Å²) in [6.45, 7) is 1.66. The van der Waals surface area contributed by atoms with Crippen molar-refractivity contribution < 1.29 is 0 Å². The number of halogens is 1. The second kappa shape index (κ2) is 3.45. The first-order valence-corrected chi connectivity index (χ1v) is 3.84. The van der Waals surface area contributed by atoms with E-state index in [1.54, 1.807) is 25.1 Å². The molecule has 0 aliphatic carbocycles. The molecule has 1 rings (SSSR count). The van der Waals surface area contributed by atoms with Crippen LogP contribution < -0.4 is 11.1 Å². The summed E-state index contributed by atoms with van der Waals surface area (Å²) in [5.74, 6) is 0.372. The third kappa shape index (κ3) is 2.13. The second-order valence-corrected chi connectivity index (χ2v) is 2.89. The van der Waals surface area contributed by atoms with Crippen LogP contribution in [0.25, 0.3) is 0 Å². The molecule has 12 heavy (non-hydrogen) atoms. The van der Waals surface area contributed by atoms with Gasteiger partial charge < -0.3 is 11.1 Å². The average molecular weight is 184 g/mol. The van der Waals surface area contributed by atoms with Gasteiger partial charge in [-0.3, -0.25) is 5.41 Å². The quantitative estimate of drug-likeness (QED) is 0.356. The zero-order chi connectivity index (χ0) is 9.14. The van der Waals surface area contributed by atoms with Crippen LogP contribution in [0.3, 0.4) is 0 Å². The fraction of sp³-hybridized carbons (Fsp3) is 0.125. The summed E-state index contributed by atoms with van der Waals surface area (Å²) in [4.78, 5) is 0. The highest BCUT2D eigenvalue weighted by Gasteiger charge is 1.97. The summed E-state index contributed by atoms with van der Waals surface area (Å²) in [6, 6.07) is 5.17. The minimum absolute atomic E-state index is 0.372. The Balaban J connectivity index is 2.89. The molecule has 0 saturated heterocycles. The largest absolute Gasteiger partial charge is 0.397 e. The lowest BCUT2D eigenvalue weighted by Gasteiger charge is -2.05. The summed E-state index contributed by atoms with van der Waals surface area (Å²) < 4.78 is 0. The van der Waals surface area contributed by atoms with Crippen molar-refractivity contribution in [1.82, 2.24) is 0 Å². The van der Waals surface area contributed by atoms with Gasteiger partial charge in [0.05, 0.1) is 16.5 Å². The number of anilines is 2. The molecule has 0 bridgehead atoms. The second-order valence-electron chi connectivity index (χ2n) is 2.49. The van der Waals surface area contributed by atoms with Crippen molar-refractivity contribution in [3.05, 3.63) is 23.2 Å². The number of amidine groups is 1. The van der Waals surface area contributed by atoms with Gasteiger partial charge in [-0.15, -0.1) is 0 Å². The molecular formula is C8H10ClN3. The number of nitrogens with two attached hydrogens (primary N) is 1. The molecule has 1 aromatic rings. The molecule has 0 spiro atoms. The molecule has 3 nitrogen and oxygen atoms in total. The van der Waals surface area contributed by atoms with E-state index < -0.39 is 0 Å². The molecule has 4 N–H and O–H groups in total. The van der Waals surface area contributed by atoms with Crippen LogP contribution in [0.4, 0.5) is 11.4 Å². The Labute approximate surface area is 76.0 Å². The topological polar surface area (TPSA) is 61.9 Å². The first-order chi connectivity index (χ1) is 5.59. The van der Waals surface area contributed by atoms with Crippen molar-refractivity contribution >= 4 is 28.8 Å². The summed E-state index contributed by atoms with van der Waals surface area (Å²) >= 11 is 5.71. The molecule has 0 unspecified atom stereocenters. The van der Waals surface area contributed by atoms with Gasteiger partial charge in [-0.05, 0) is 25.1 Å². The van der Waals surface area contributed by atoms with Crippen molar-refractivity contribution in [2.75, 3.05) is 11.1 Å². The van der Waals surface area contributed by atoms with Gasteiger partial charge in [-0.2, -0.15) is 0 Å². The lowest BCUT2D eigenvalue weighted by atomic mass is 10.3. The number of rotatable bonds is 1. The van der Waals surface area contributed by atoms with E-state index >= 15 is 0 Å². The minimum atomic E-state index is 0.372. The van der Waals surface area contributed by atoms with E-state index in [2.05, 4.69) is 5.32 Å². The van der Waals surface area contributed by atoms with Gasteiger partial charge in [-0.1, -0.05) is 11.6 Å². The Morgan fingerprint density at radius 1 is 1.58 bits per heavy atom. The maximum atomic E-state index is 7.17. The number of nitrogen functional groups attached to an aromatic ring is 1. The molecule has 0 aromatic heterocycles. The van der Waals surface area contributed by atoms with Gasteiger partial charge in [0.1, 0.15) is 0 Å². The van der Waals surface area contributed by atoms with Gasteiger partial charge in [-0.25, -0.2) is 0 Å². The minimum Gasteiger partial charge on any atom is -0.397 e. The predicted octanol–water partition coefficient (Wildman–Crippen LogP) is 2.33. The van der Waals surface area contributed by atoms with E-state index in [-0.39, 0.29) is 0 Å². The number of benzene rings is 1. The summed E-state index contributed by atoms with van der Waals surface area (Å²) in [7, 11) is 0. The molecule has 0 fully saturated rings. The smallest absolute Gasteiger partial charge is 0.0944 e. The highest BCUT2D eigenvalue weighted by molar-refractivity contribution is 6.33. The van der Waals surface area contributed by atoms with Crippen molar-refractivity contribution in [2.24, 2.45) is 0 Å². The SMILES string of the molecule is CC(=N)Nc1ccc(Cl)c(N)c1. The molecule has 0 aliphatic heterocycles. The summed E-state index contributed by atoms with van der Waals surface area (Å²) in [6.07, 6.45) is 0. The van der Waals surface area contributed by atoms with E-state index in [9.17, 15) is 0 Å². The maximum Gasteiger partial charge on any atom is 0.0944 e. The molecule has 0 radical (unpaired) electrons. The van der Waals surface area contributed by atoms with E-state index in [0.29, 0.717) is 16.5 Å². The monoisotopic (exact) mass is 183 g/mol. The molecular weight excluding hydrogens is 174 g/mol. The van der Waals surface area contributed by atoms with Gasteiger partial charge in [0, 0.05) is 5.69 Å². The zero-order valence-electron chi connectivity index (χ0n) is 6.69. The molecule has 1 aromatic carbocycles. The zero-order valence-corrected chi connectivity index (χ0v) is 7.44. The van der Waals surface area contributed by atoms with Crippen LogP contribution in [0.1, 0.15) is 6.92 Å². The van der Waals surface area contributed by atoms with Gasteiger partial charge in [0.2, 0.25) is 0 Å². The molecule has 0 atom stereocenters. The fourth-order valence-electron chi connectivity index (χ4n) is 0.838. The summed E-state index contributed by atoms with van der Waals surface area (Å²) in [5.41, 5.74) is 6.85. The normalized spacial score (nSPS) is 9.50. The standard InChI is InChI=1S/C8H10ClN3/c1-5(10)12-6-2-3-7(9)8(11)4-6/h2-4H,11H2,1H3,(H2,10,12). The van der Waals surface area contributed by atoms with Crippen LogP contribution in [-0.2, 0) is 0 Å². The van der Waals surface area contributed by atoms with Crippen LogP contribution in [0.15, 0.2) is 18.2 Å². The molecule has 4 heteroatoms. The van der Waals surface area contributed by atoms with Crippen LogP contribution >= 0.6 is 11.6 Å². The Morgan fingerprint density at radius 2 is 2.25 bits per heavy atom. The highest BCUT2D eigenvalue weighted by atomic mass is 35.5. The van der Waals surface area contributed by atoms with Gasteiger partial charge in [0.15, 0.2) is 0 Å². The van der Waals surface area contributed by atoms with Gasteiger partial charge in [0.25, 0.3) is 0 Å². The van der Waals surface area contributed by atoms with Gasteiger partial charge >= 0.3 is 0 Å². The van der Waals surface area contributed by atoms with Crippen molar-refractivity contribution in [1.29, 1.82) is 5.41 Å². The Bertz CT molecular complexity index is 309. The maximum absolute atomic E-state index is 7.17. The first kappa shape index (κ1) is 8.87. The van der Waals surface area contributed by atoms with E-state index in [1.165, 1.54) is 0 Å².